The summed E-state index contributed by atoms with van der Waals surface area (Å²) < 4.78 is 0. The highest BCUT2D eigenvalue weighted by atomic mass is 16.1. The number of likely N-dealkylation sites (N-methyl/N-ethyl adjacent to an activating group) is 1. The molecule has 0 radical (unpaired) electrons. The van der Waals surface area contributed by atoms with E-state index in [9.17, 15) is 4.79 Å². The molecule has 1 atom stereocenters. The molecule has 4 nitrogen and oxygen atoms in total. The zero-order valence-corrected chi connectivity index (χ0v) is 8.45. The van der Waals surface area contributed by atoms with Crippen LogP contribution in [-0.2, 0) is 4.79 Å². The van der Waals surface area contributed by atoms with Crippen LogP contribution in [-0.4, -0.2) is 24.5 Å². The molecule has 4 heteroatoms. The molecule has 0 aromatic carbocycles. The lowest BCUT2D eigenvalue weighted by molar-refractivity contribution is -0.120. The van der Waals surface area contributed by atoms with Crippen molar-refractivity contribution in [3.05, 3.63) is 30.1 Å². The molecule has 1 unspecified atom stereocenters. The molecule has 1 aromatic heterocycles. The predicted octanol–water partition coefficient (Wildman–Crippen LogP) is 0.478. The highest BCUT2D eigenvalue weighted by molar-refractivity contribution is 5.78. The van der Waals surface area contributed by atoms with E-state index in [2.05, 4.69) is 15.6 Å². The molecule has 14 heavy (non-hydrogen) atoms. The van der Waals surface area contributed by atoms with Crippen LogP contribution in [0.25, 0.3) is 0 Å². The van der Waals surface area contributed by atoms with Gasteiger partial charge >= 0.3 is 0 Å². The van der Waals surface area contributed by atoms with Crippen molar-refractivity contribution in [1.82, 2.24) is 15.6 Å². The Bertz CT molecular complexity index is 287. The average molecular weight is 193 g/mol. The van der Waals surface area contributed by atoms with Crippen LogP contribution in [0.4, 0.5) is 0 Å². The van der Waals surface area contributed by atoms with Gasteiger partial charge in [0.25, 0.3) is 0 Å². The van der Waals surface area contributed by atoms with Crippen LogP contribution in [0, 0.1) is 0 Å². The van der Waals surface area contributed by atoms with Crippen LogP contribution in [0.5, 0.6) is 0 Å². The molecular weight excluding hydrogens is 178 g/mol. The van der Waals surface area contributed by atoms with Gasteiger partial charge in [0.05, 0.1) is 12.6 Å². The maximum absolute atomic E-state index is 11.2. The second kappa shape index (κ2) is 5.34. The molecule has 0 aliphatic heterocycles. The number of pyridine rings is 1. The van der Waals surface area contributed by atoms with Crippen molar-refractivity contribution >= 4 is 5.91 Å². The van der Waals surface area contributed by atoms with E-state index in [1.807, 2.05) is 19.1 Å². The normalized spacial score (nSPS) is 12.1. The smallest absolute Gasteiger partial charge is 0.234 e. The summed E-state index contributed by atoms with van der Waals surface area (Å²) in [7, 11) is 1.75. The summed E-state index contributed by atoms with van der Waals surface area (Å²) in [5.74, 6) is -0.00295. The predicted molar refractivity (Wildman–Crippen MR) is 54.7 cm³/mol. The first-order valence-electron chi connectivity index (χ1n) is 4.58. The Morgan fingerprint density at radius 3 is 2.71 bits per heavy atom. The van der Waals surface area contributed by atoms with E-state index in [1.54, 1.807) is 19.4 Å². The number of aromatic nitrogens is 1. The summed E-state index contributed by atoms with van der Waals surface area (Å²) in [4.78, 5) is 15.2. The van der Waals surface area contributed by atoms with Crippen molar-refractivity contribution in [1.29, 1.82) is 0 Å². The van der Waals surface area contributed by atoms with E-state index in [-0.39, 0.29) is 11.9 Å². The number of rotatable bonds is 4. The lowest BCUT2D eigenvalue weighted by atomic mass is 10.1. The van der Waals surface area contributed by atoms with Crippen LogP contribution in [0.3, 0.4) is 0 Å². The molecule has 0 aliphatic rings. The minimum absolute atomic E-state index is 0.00295. The largest absolute Gasteiger partial charge is 0.348 e. The minimum Gasteiger partial charge on any atom is -0.348 e. The zero-order valence-electron chi connectivity index (χ0n) is 8.45. The first-order valence-corrected chi connectivity index (χ1v) is 4.58. The van der Waals surface area contributed by atoms with Gasteiger partial charge < -0.3 is 10.6 Å². The maximum Gasteiger partial charge on any atom is 0.234 e. The summed E-state index contributed by atoms with van der Waals surface area (Å²) in [5.41, 5.74) is 1.06. The van der Waals surface area contributed by atoms with Gasteiger partial charge in [0.15, 0.2) is 0 Å². The third kappa shape index (κ3) is 3.14. The lowest BCUT2D eigenvalue weighted by Gasteiger charge is -2.13. The second-order valence-electron chi connectivity index (χ2n) is 3.10. The van der Waals surface area contributed by atoms with Gasteiger partial charge in [0.1, 0.15) is 0 Å². The molecule has 1 heterocycles. The van der Waals surface area contributed by atoms with E-state index in [1.165, 1.54) is 0 Å². The number of carbonyl (C=O) groups excluding carboxylic acids is 1. The standard InChI is InChI=1S/C10H15N3O/c1-8(13-10(14)7-11-2)9-3-5-12-6-4-9/h3-6,8,11H,7H2,1-2H3,(H,13,14). The summed E-state index contributed by atoms with van der Waals surface area (Å²) in [5, 5.41) is 5.67. The Balaban J connectivity index is 2.50. The molecule has 2 N–H and O–H groups in total. The monoisotopic (exact) mass is 193 g/mol. The molecule has 1 aromatic rings. The highest BCUT2D eigenvalue weighted by Crippen LogP contribution is 2.09. The molecule has 0 saturated heterocycles. The Hall–Kier alpha value is -1.42. The van der Waals surface area contributed by atoms with Gasteiger partial charge in [-0.3, -0.25) is 9.78 Å². The zero-order chi connectivity index (χ0) is 10.4. The topological polar surface area (TPSA) is 54.0 Å². The SMILES string of the molecule is CNCC(=O)NC(C)c1ccncc1. The van der Waals surface area contributed by atoms with Crippen LogP contribution >= 0.6 is 0 Å². The number of nitrogens with zero attached hydrogens (tertiary/aromatic N) is 1. The summed E-state index contributed by atoms with van der Waals surface area (Å²) in [6, 6.07) is 3.81. The summed E-state index contributed by atoms with van der Waals surface area (Å²) in [6.07, 6.45) is 3.44. The quantitative estimate of drug-likeness (QED) is 0.731. The van der Waals surface area contributed by atoms with Crippen LogP contribution in [0.15, 0.2) is 24.5 Å². The van der Waals surface area contributed by atoms with Gasteiger partial charge in [-0.2, -0.15) is 0 Å². The highest BCUT2D eigenvalue weighted by Gasteiger charge is 2.07. The molecule has 76 valence electrons. The van der Waals surface area contributed by atoms with Gasteiger partial charge in [-0.15, -0.1) is 0 Å². The molecule has 0 spiro atoms. The fourth-order valence-electron chi connectivity index (χ4n) is 1.19. The number of amides is 1. The molecular formula is C10H15N3O. The summed E-state index contributed by atoms with van der Waals surface area (Å²) >= 11 is 0. The molecule has 0 aliphatic carbocycles. The molecule has 1 rings (SSSR count). The van der Waals surface area contributed by atoms with Gasteiger partial charge in [-0.25, -0.2) is 0 Å². The number of hydrogen-bond donors (Lipinski definition) is 2. The van der Waals surface area contributed by atoms with E-state index in [0.29, 0.717) is 6.54 Å². The van der Waals surface area contributed by atoms with Gasteiger partial charge in [-0.1, -0.05) is 0 Å². The number of hydrogen-bond acceptors (Lipinski definition) is 3. The first kappa shape index (κ1) is 10.7. The van der Waals surface area contributed by atoms with Gasteiger partial charge in [-0.05, 0) is 31.7 Å². The first-order chi connectivity index (χ1) is 6.74. The van der Waals surface area contributed by atoms with Crippen LogP contribution in [0.1, 0.15) is 18.5 Å². The Morgan fingerprint density at radius 2 is 2.14 bits per heavy atom. The molecule has 0 bridgehead atoms. The van der Waals surface area contributed by atoms with Gasteiger partial charge in [0.2, 0.25) is 5.91 Å². The Kier molecular flexibility index (Phi) is 4.07. The third-order valence-corrected chi connectivity index (χ3v) is 1.92. The van der Waals surface area contributed by atoms with Gasteiger partial charge in [0, 0.05) is 12.4 Å². The fourth-order valence-corrected chi connectivity index (χ4v) is 1.19. The summed E-state index contributed by atoms with van der Waals surface area (Å²) in [6.45, 7) is 2.29. The molecule has 0 fully saturated rings. The maximum atomic E-state index is 11.2. The minimum atomic E-state index is -0.00295. The van der Waals surface area contributed by atoms with Crippen LogP contribution in [0.2, 0.25) is 0 Å². The van der Waals surface area contributed by atoms with E-state index >= 15 is 0 Å². The Labute approximate surface area is 83.7 Å². The van der Waals surface area contributed by atoms with Crippen molar-refractivity contribution in [2.75, 3.05) is 13.6 Å². The second-order valence-corrected chi connectivity index (χ2v) is 3.10. The van der Waals surface area contributed by atoms with Crippen molar-refractivity contribution < 1.29 is 4.79 Å². The van der Waals surface area contributed by atoms with Crippen molar-refractivity contribution in [2.45, 2.75) is 13.0 Å². The molecule has 0 saturated carbocycles. The lowest BCUT2D eigenvalue weighted by Crippen LogP contribution is -2.33. The van der Waals surface area contributed by atoms with Crippen molar-refractivity contribution in [3.63, 3.8) is 0 Å². The number of carbonyl (C=O) groups is 1. The fraction of sp³-hybridized carbons (Fsp3) is 0.400. The van der Waals surface area contributed by atoms with E-state index < -0.39 is 0 Å². The third-order valence-electron chi connectivity index (χ3n) is 1.92. The van der Waals surface area contributed by atoms with E-state index in [4.69, 9.17) is 0 Å². The van der Waals surface area contributed by atoms with Crippen molar-refractivity contribution in [2.24, 2.45) is 0 Å². The molecule has 1 amide bonds. The number of nitrogens with one attached hydrogen (secondary N) is 2. The van der Waals surface area contributed by atoms with E-state index in [0.717, 1.165) is 5.56 Å². The Morgan fingerprint density at radius 1 is 1.50 bits per heavy atom. The average Bonchev–Trinajstić information content (AvgIpc) is 2.19. The van der Waals surface area contributed by atoms with Crippen LogP contribution < -0.4 is 10.6 Å². The van der Waals surface area contributed by atoms with Crippen molar-refractivity contribution in [3.8, 4) is 0 Å².